The van der Waals surface area contributed by atoms with Crippen LogP contribution >= 0.6 is 11.3 Å². The van der Waals surface area contributed by atoms with Gasteiger partial charge in [-0.2, -0.15) is 4.98 Å². The summed E-state index contributed by atoms with van der Waals surface area (Å²) in [4.78, 5) is 19.4. The van der Waals surface area contributed by atoms with Crippen LogP contribution in [-0.4, -0.2) is 40.1 Å². The van der Waals surface area contributed by atoms with Gasteiger partial charge in [0.05, 0.1) is 4.88 Å². The maximum atomic E-state index is 12.1. The van der Waals surface area contributed by atoms with Crippen molar-refractivity contribution in [2.45, 2.75) is 38.1 Å². The quantitative estimate of drug-likeness (QED) is 0.911. The first-order valence-corrected chi connectivity index (χ1v) is 8.50. The summed E-state index contributed by atoms with van der Waals surface area (Å²) >= 11 is 1.58. The van der Waals surface area contributed by atoms with Gasteiger partial charge in [0.15, 0.2) is 0 Å². The van der Waals surface area contributed by atoms with E-state index in [9.17, 15) is 4.79 Å². The maximum Gasteiger partial charge on any atom is 0.226 e. The summed E-state index contributed by atoms with van der Waals surface area (Å²) < 4.78 is 5.23. The zero-order valence-corrected chi connectivity index (χ0v) is 13.2. The summed E-state index contributed by atoms with van der Waals surface area (Å²) in [6, 6.07) is 4.17. The lowest BCUT2D eigenvalue weighted by Crippen LogP contribution is -2.42. The van der Waals surface area contributed by atoms with E-state index in [1.807, 2.05) is 22.4 Å². The van der Waals surface area contributed by atoms with Crippen molar-refractivity contribution < 1.29 is 9.32 Å². The summed E-state index contributed by atoms with van der Waals surface area (Å²) in [5.74, 6) is 1.42. The molecule has 2 aromatic heterocycles. The summed E-state index contributed by atoms with van der Waals surface area (Å²) in [6.45, 7) is 1.56. The number of thiophene rings is 1. The fraction of sp³-hybridized carbons (Fsp3) is 0.533. The van der Waals surface area contributed by atoms with Crippen molar-refractivity contribution in [3.05, 3.63) is 23.4 Å². The molecule has 0 spiro atoms. The highest BCUT2D eigenvalue weighted by molar-refractivity contribution is 7.13. The number of rotatable bonds is 5. The van der Waals surface area contributed by atoms with E-state index < -0.39 is 0 Å². The van der Waals surface area contributed by atoms with E-state index >= 15 is 0 Å². The van der Waals surface area contributed by atoms with Crippen LogP contribution in [0.4, 0.5) is 0 Å². The van der Waals surface area contributed by atoms with Crippen LogP contribution in [0.5, 0.6) is 0 Å². The number of nitrogens with two attached hydrogens (primary N) is 1. The molecule has 1 amide bonds. The number of amides is 1. The number of aryl methyl sites for hydroxylation is 1. The Morgan fingerprint density at radius 3 is 3.00 bits per heavy atom. The number of piperidine rings is 1. The molecule has 1 aliphatic rings. The monoisotopic (exact) mass is 320 g/mol. The van der Waals surface area contributed by atoms with Crippen LogP contribution < -0.4 is 5.73 Å². The fourth-order valence-electron chi connectivity index (χ4n) is 2.56. The normalized spacial score (nSPS) is 16.1. The second-order valence-corrected chi connectivity index (χ2v) is 6.51. The molecule has 7 heteroatoms. The van der Waals surface area contributed by atoms with E-state index in [4.69, 9.17) is 10.3 Å². The van der Waals surface area contributed by atoms with E-state index in [1.165, 1.54) is 0 Å². The molecule has 2 aromatic rings. The van der Waals surface area contributed by atoms with Gasteiger partial charge in [0.1, 0.15) is 0 Å². The van der Waals surface area contributed by atoms with Gasteiger partial charge in [0.25, 0.3) is 0 Å². The predicted octanol–water partition coefficient (Wildman–Crippen LogP) is 2.07. The van der Waals surface area contributed by atoms with E-state index in [1.54, 1.807) is 11.3 Å². The van der Waals surface area contributed by atoms with Crippen molar-refractivity contribution in [2.75, 3.05) is 13.1 Å². The number of aromatic nitrogens is 2. The molecule has 1 aliphatic heterocycles. The molecule has 22 heavy (non-hydrogen) atoms. The van der Waals surface area contributed by atoms with Crippen LogP contribution in [0.3, 0.4) is 0 Å². The van der Waals surface area contributed by atoms with Crippen molar-refractivity contribution in [2.24, 2.45) is 5.73 Å². The Morgan fingerprint density at radius 2 is 2.27 bits per heavy atom. The third-order valence-electron chi connectivity index (χ3n) is 3.88. The SMILES string of the molecule is NC1CCN(C(=O)CCCc2nc(-c3cccs3)no2)CC1. The largest absolute Gasteiger partial charge is 0.343 e. The predicted molar refractivity (Wildman–Crippen MR) is 84.3 cm³/mol. The van der Waals surface area contributed by atoms with Gasteiger partial charge in [-0.15, -0.1) is 11.3 Å². The van der Waals surface area contributed by atoms with E-state index in [-0.39, 0.29) is 11.9 Å². The molecule has 1 saturated heterocycles. The zero-order chi connectivity index (χ0) is 15.4. The molecule has 1 fully saturated rings. The zero-order valence-electron chi connectivity index (χ0n) is 12.4. The van der Waals surface area contributed by atoms with E-state index in [0.29, 0.717) is 24.6 Å². The van der Waals surface area contributed by atoms with Crippen molar-refractivity contribution in [3.8, 4) is 10.7 Å². The number of carbonyl (C=O) groups excluding carboxylic acids is 1. The van der Waals surface area contributed by atoms with Crippen LogP contribution in [0.2, 0.25) is 0 Å². The first-order chi connectivity index (χ1) is 10.7. The first-order valence-electron chi connectivity index (χ1n) is 7.62. The van der Waals surface area contributed by atoms with Gasteiger partial charge >= 0.3 is 0 Å². The van der Waals surface area contributed by atoms with Gasteiger partial charge in [-0.3, -0.25) is 4.79 Å². The van der Waals surface area contributed by atoms with E-state index in [0.717, 1.165) is 37.2 Å². The summed E-state index contributed by atoms with van der Waals surface area (Å²) in [6.07, 6.45) is 3.69. The van der Waals surface area contributed by atoms with Gasteiger partial charge in [-0.05, 0) is 30.7 Å². The molecular formula is C15H20N4O2S. The average molecular weight is 320 g/mol. The van der Waals surface area contributed by atoms with Crippen molar-refractivity contribution in [1.82, 2.24) is 15.0 Å². The van der Waals surface area contributed by atoms with Crippen LogP contribution in [0.1, 0.15) is 31.6 Å². The van der Waals surface area contributed by atoms with E-state index in [2.05, 4.69) is 10.1 Å². The highest BCUT2D eigenvalue weighted by atomic mass is 32.1. The second-order valence-electron chi connectivity index (χ2n) is 5.56. The van der Waals surface area contributed by atoms with Crippen LogP contribution in [0, 0.1) is 0 Å². The molecule has 0 unspecified atom stereocenters. The third kappa shape index (κ3) is 3.72. The number of nitrogens with zero attached hydrogens (tertiary/aromatic N) is 3. The number of likely N-dealkylation sites (tertiary alicyclic amines) is 1. The van der Waals surface area contributed by atoms with Crippen LogP contribution in [0.25, 0.3) is 10.7 Å². The Balaban J connectivity index is 1.44. The molecule has 0 saturated carbocycles. The van der Waals surface area contributed by atoms with Gasteiger partial charge < -0.3 is 15.2 Å². The number of carbonyl (C=O) groups is 1. The topological polar surface area (TPSA) is 85.2 Å². The van der Waals surface area contributed by atoms with Crippen molar-refractivity contribution >= 4 is 17.2 Å². The standard InChI is InChI=1S/C15H20N4O2S/c16-11-6-8-19(9-7-11)14(20)5-1-4-13-17-15(18-21-13)12-3-2-10-22-12/h2-3,10-11H,1,4-9,16H2. The number of hydrogen-bond acceptors (Lipinski definition) is 6. The molecule has 2 N–H and O–H groups in total. The smallest absolute Gasteiger partial charge is 0.226 e. The summed E-state index contributed by atoms with van der Waals surface area (Å²) in [7, 11) is 0. The molecule has 118 valence electrons. The Labute approximate surface area is 133 Å². The Hall–Kier alpha value is -1.73. The van der Waals surface area contributed by atoms with Crippen LogP contribution in [-0.2, 0) is 11.2 Å². The minimum absolute atomic E-state index is 0.199. The molecule has 0 aliphatic carbocycles. The van der Waals surface area contributed by atoms with Crippen molar-refractivity contribution in [1.29, 1.82) is 0 Å². The number of hydrogen-bond donors (Lipinski definition) is 1. The average Bonchev–Trinajstić information content (AvgIpc) is 3.19. The summed E-state index contributed by atoms with van der Waals surface area (Å²) in [5.41, 5.74) is 5.85. The van der Waals surface area contributed by atoms with Gasteiger partial charge in [-0.25, -0.2) is 0 Å². The molecule has 0 radical (unpaired) electrons. The third-order valence-corrected chi connectivity index (χ3v) is 4.75. The van der Waals surface area contributed by atoms with Gasteiger partial charge in [-0.1, -0.05) is 11.2 Å². The minimum Gasteiger partial charge on any atom is -0.343 e. The fourth-order valence-corrected chi connectivity index (χ4v) is 3.21. The first kappa shape index (κ1) is 15.2. The molecular weight excluding hydrogens is 300 g/mol. The second kappa shape index (κ2) is 7.02. The van der Waals surface area contributed by atoms with Gasteiger partial charge in [0, 0.05) is 32.0 Å². The molecule has 0 aromatic carbocycles. The highest BCUT2D eigenvalue weighted by Gasteiger charge is 2.20. The lowest BCUT2D eigenvalue weighted by molar-refractivity contribution is -0.132. The summed E-state index contributed by atoms with van der Waals surface area (Å²) in [5, 5.41) is 5.95. The maximum absolute atomic E-state index is 12.1. The minimum atomic E-state index is 0.199. The lowest BCUT2D eigenvalue weighted by atomic mass is 10.1. The molecule has 0 atom stereocenters. The Kier molecular flexibility index (Phi) is 4.84. The lowest BCUT2D eigenvalue weighted by Gasteiger charge is -2.30. The van der Waals surface area contributed by atoms with Crippen LogP contribution in [0.15, 0.2) is 22.0 Å². The molecule has 3 rings (SSSR count). The highest BCUT2D eigenvalue weighted by Crippen LogP contribution is 2.21. The molecule has 6 nitrogen and oxygen atoms in total. The molecule has 0 bridgehead atoms. The van der Waals surface area contributed by atoms with Crippen molar-refractivity contribution in [3.63, 3.8) is 0 Å². The Morgan fingerprint density at radius 1 is 1.45 bits per heavy atom. The Bertz CT molecular complexity index is 603. The van der Waals surface area contributed by atoms with Gasteiger partial charge in [0.2, 0.25) is 17.6 Å². The molecule has 3 heterocycles.